The van der Waals surface area contributed by atoms with Crippen LogP contribution in [0.1, 0.15) is 0 Å². The lowest BCUT2D eigenvalue weighted by atomic mass is 10.3. The van der Waals surface area contributed by atoms with Gasteiger partial charge in [-0.3, -0.25) is 4.72 Å². The Labute approximate surface area is 107 Å². The molecule has 3 N–H and O–H groups in total. The Morgan fingerprint density at radius 1 is 1.37 bits per heavy atom. The quantitative estimate of drug-likeness (QED) is 0.884. The van der Waals surface area contributed by atoms with E-state index >= 15 is 0 Å². The minimum Gasteiger partial charge on any atom is -0.381 e. The number of imidazole rings is 1. The molecule has 0 atom stereocenters. The van der Waals surface area contributed by atoms with Crippen molar-refractivity contribution in [2.24, 2.45) is 7.05 Å². The highest BCUT2D eigenvalue weighted by Crippen LogP contribution is 2.22. The number of benzene rings is 1. The molecule has 0 unspecified atom stereocenters. The Hall–Kier alpha value is -2.16. The average Bonchev–Trinajstić information content (AvgIpc) is 2.64. The van der Waals surface area contributed by atoms with E-state index in [1.807, 2.05) is 4.72 Å². The van der Waals surface area contributed by atoms with Gasteiger partial charge in [-0.1, -0.05) is 0 Å². The molecule has 2 aromatic rings. The van der Waals surface area contributed by atoms with Crippen molar-refractivity contribution in [3.63, 3.8) is 0 Å². The summed E-state index contributed by atoms with van der Waals surface area (Å²) in [5.41, 5.74) is 4.93. The number of nitrogen functional groups attached to an aromatic ring is 1. The van der Waals surface area contributed by atoms with Gasteiger partial charge in [-0.05, 0) is 12.1 Å². The molecule has 6 nitrogen and oxygen atoms in total. The molecule has 1 aromatic carbocycles. The minimum atomic E-state index is -4.15. The number of nitrogens with two attached hydrogens (primary N) is 1. The molecule has 0 bridgehead atoms. The molecule has 1 aromatic heterocycles. The van der Waals surface area contributed by atoms with Crippen molar-refractivity contribution in [1.29, 1.82) is 0 Å². The molecule has 0 saturated carbocycles. The van der Waals surface area contributed by atoms with Crippen molar-refractivity contribution in [2.75, 3.05) is 10.5 Å². The molecule has 0 spiro atoms. The zero-order valence-electron chi connectivity index (χ0n) is 9.76. The monoisotopic (exact) mass is 288 g/mol. The van der Waals surface area contributed by atoms with Crippen molar-refractivity contribution in [3.8, 4) is 0 Å². The summed E-state index contributed by atoms with van der Waals surface area (Å²) in [4.78, 5) is 3.62. The Morgan fingerprint density at radius 3 is 2.63 bits per heavy atom. The maximum Gasteiger partial charge on any atom is 0.281 e. The summed E-state index contributed by atoms with van der Waals surface area (Å²) in [7, 11) is -2.74. The van der Waals surface area contributed by atoms with Crippen LogP contribution in [0.3, 0.4) is 0 Å². The smallest absolute Gasteiger partial charge is 0.281 e. The minimum absolute atomic E-state index is 0.230. The molecule has 0 aliphatic heterocycles. The second kappa shape index (κ2) is 4.50. The summed E-state index contributed by atoms with van der Waals surface area (Å²) in [5, 5.41) is -0.323. The third-order valence-corrected chi connectivity index (χ3v) is 3.83. The molecule has 0 amide bonds. The standard InChI is InChI=1S/C10H10F2N4O2S/c1-16-5-14-9(13)10(16)19(17,18)15-8-4-6(11)2-3-7(8)12/h2-5,15H,13H2,1H3. The number of hydrogen-bond donors (Lipinski definition) is 2. The molecule has 0 fully saturated rings. The molecule has 1 heterocycles. The van der Waals surface area contributed by atoms with Crippen molar-refractivity contribution in [2.45, 2.75) is 5.03 Å². The van der Waals surface area contributed by atoms with E-state index in [0.717, 1.165) is 22.8 Å². The van der Waals surface area contributed by atoms with Gasteiger partial charge in [0.25, 0.3) is 10.0 Å². The lowest BCUT2D eigenvalue weighted by Crippen LogP contribution is -2.18. The van der Waals surface area contributed by atoms with E-state index in [-0.39, 0.29) is 10.8 Å². The zero-order chi connectivity index (χ0) is 14.2. The summed E-state index contributed by atoms with van der Waals surface area (Å²) < 4.78 is 53.5. The van der Waals surface area contributed by atoms with Crippen molar-refractivity contribution >= 4 is 21.5 Å². The van der Waals surface area contributed by atoms with Gasteiger partial charge in [0, 0.05) is 13.1 Å². The predicted molar refractivity (Wildman–Crippen MR) is 64.8 cm³/mol. The number of aromatic nitrogens is 2. The number of rotatable bonds is 3. The Kier molecular flexibility index (Phi) is 3.14. The summed E-state index contributed by atoms with van der Waals surface area (Å²) >= 11 is 0. The van der Waals surface area contributed by atoms with E-state index in [2.05, 4.69) is 4.98 Å². The van der Waals surface area contributed by atoms with Crippen LogP contribution >= 0.6 is 0 Å². The number of anilines is 2. The van der Waals surface area contributed by atoms with Crippen LogP contribution in [-0.2, 0) is 17.1 Å². The highest BCUT2D eigenvalue weighted by Gasteiger charge is 2.23. The average molecular weight is 288 g/mol. The van der Waals surface area contributed by atoms with Crippen LogP contribution in [0.25, 0.3) is 0 Å². The molecule has 0 aliphatic rings. The molecule has 0 aliphatic carbocycles. The number of nitrogens with zero attached hydrogens (tertiary/aromatic N) is 2. The van der Waals surface area contributed by atoms with Crippen LogP contribution < -0.4 is 10.5 Å². The van der Waals surface area contributed by atoms with E-state index < -0.39 is 27.3 Å². The van der Waals surface area contributed by atoms with E-state index in [1.54, 1.807) is 0 Å². The van der Waals surface area contributed by atoms with Crippen molar-refractivity contribution in [1.82, 2.24) is 9.55 Å². The van der Waals surface area contributed by atoms with Gasteiger partial charge in [-0.2, -0.15) is 8.42 Å². The number of nitrogens with one attached hydrogen (secondary N) is 1. The molecule has 0 radical (unpaired) electrons. The summed E-state index contributed by atoms with van der Waals surface area (Å²) in [6.45, 7) is 0. The van der Waals surface area contributed by atoms with Gasteiger partial charge in [-0.25, -0.2) is 13.8 Å². The van der Waals surface area contributed by atoms with E-state index in [0.29, 0.717) is 0 Å². The van der Waals surface area contributed by atoms with Crippen LogP contribution in [0, 0.1) is 11.6 Å². The third-order valence-electron chi connectivity index (χ3n) is 2.34. The molecular weight excluding hydrogens is 278 g/mol. The number of halogens is 2. The van der Waals surface area contributed by atoms with Crippen LogP contribution in [0.15, 0.2) is 29.6 Å². The Morgan fingerprint density at radius 2 is 2.05 bits per heavy atom. The van der Waals surface area contributed by atoms with Gasteiger partial charge in [0.15, 0.2) is 10.8 Å². The van der Waals surface area contributed by atoms with Gasteiger partial charge in [0.2, 0.25) is 0 Å². The highest BCUT2D eigenvalue weighted by atomic mass is 32.2. The van der Waals surface area contributed by atoms with Crippen LogP contribution in [0.4, 0.5) is 20.3 Å². The lowest BCUT2D eigenvalue weighted by Gasteiger charge is -2.09. The first-order valence-corrected chi connectivity index (χ1v) is 6.54. The Bertz CT molecular complexity index is 708. The molecule has 102 valence electrons. The molecule has 9 heteroatoms. The molecule has 0 saturated heterocycles. The molecular formula is C10H10F2N4O2S. The predicted octanol–water partition coefficient (Wildman–Crippen LogP) is 1.08. The fourth-order valence-corrected chi connectivity index (χ4v) is 2.83. The summed E-state index contributed by atoms with van der Waals surface area (Å²) in [5.74, 6) is -1.89. The maximum atomic E-state index is 13.4. The van der Waals surface area contributed by atoms with E-state index in [9.17, 15) is 17.2 Å². The molecule has 2 rings (SSSR count). The van der Waals surface area contributed by atoms with Gasteiger partial charge in [-0.15, -0.1) is 0 Å². The summed E-state index contributed by atoms with van der Waals surface area (Å²) in [6.07, 6.45) is 1.20. The molecule has 19 heavy (non-hydrogen) atoms. The maximum absolute atomic E-state index is 13.4. The summed E-state index contributed by atoms with van der Waals surface area (Å²) in [6, 6.07) is 2.44. The van der Waals surface area contributed by atoms with Crippen LogP contribution in [-0.4, -0.2) is 18.0 Å². The highest BCUT2D eigenvalue weighted by molar-refractivity contribution is 7.92. The lowest BCUT2D eigenvalue weighted by molar-refractivity contribution is 0.587. The SMILES string of the molecule is Cn1cnc(N)c1S(=O)(=O)Nc1cc(F)ccc1F. The van der Waals surface area contributed by atoms with Crippen molar-refractivity contribution in [3.05, 3.63) is 36.2 Å². The van der Waals surface area contributed by atoms with Gasteiger partial charge < -0.3 is 10.3 Å². The van der Waals surface area contributed by atoms with E-state index in [1.165, 1.54) is 13.4 Å². The first-order valence-electron chi connectivity index (χ1n) is 5.06. The van der Waals surface area contributed by atoms with Gasteiger partial charge >= 0.3 is 0 Å². The van der Waals surface area contributed by atoms with Gasteiger partial charge in [0.05, 0.1) is 12.0 Å². The second-order valence-corrected chi connectivity index (χ2v) is 5.37. The topological polar surface area (TPSA) is 90.0 Å². The number of aryl methyl sites for hydroxylation is 1. The normalized spacial score (nSPS) is 11.5. The van der Waals surface area contributed by atoms with Crippen LogP contribution in [0.5, 0.6) is 0 Å². The first kappa shape index (κ1) is 13.3. The second-order valence-electron chi connectivity index (χ2n) is 3.78. The fraction of sp³-hybridized carbons (Fsp3) is 0.100. The number of sulfonamides is 1. The van der Waals surface area contributed by atoms with E-state index in [4.69, 9.17) is 5.73 Å². The van der Waals surface area contributed by atoms with Gasteiger partial charge in [0.1, 0.15) is 11.6 Å². The number of hydrogen-bond acceptors (Lipinski definition) is 4. The Balaban J connectivity index is 2.45. The fourth-order valence-electron chi connectivity index (χ4n) is 1.53. The van der Waals surface area contributed by atoms with Crippen LogP contribution in [0.2, 0.25) is 0 Å². The first-order chi connectivity index (χ1) is 8.81. The van der Waals surface area contributed by atoms with Crippen molar-refractivity contribution < 1.29 is 17.2 Å². The largest absolute Gasteiger partial charge is 0.381 e. The zero-order valence-corrected chi connectivity index (χ0v) is 10.6. The third kappa shape index (κ3) is 2.50.